The fraction of sp³-hybridized carbons (Fsp3) is 0.333. The zero-order valence-corrected chi connectivity index (χ0v) is 16.6. The lowest BCUT2D eigenvalue weighted by atomic mass is 9.94. The number of hydrogen-bond acceptors (Lipinski definition) is 4. The molecule has 0 saturated carbocycles. The van der Waals surface area contributed by atoms with E-state index in [1.807, 2.05) is 61.7 Å². The second-order valence-electron chi connectivity index (χ2n) is 6.17. The number of hydrogen-bond donors (Lipinski definition) is 2. The molecular weight excluding hydrogens is 362 g/mol. The van der Waals surface area contributed by atoms with Crippen molar-refractivity contribution in [3.8, 4) is 5.75 Å². The minimum atomic E-state index is -0.952. The van der Waals surface area contributed by atoms with Gasteiger partial charge >= 0.3 is 5.97 Å². The molecule has 144 valence electrons. The van der Waals surface area contributed by atoms with E-state index in [4.69, 9.17) is 4.74 Å². The van der Waals surface area contributed by atoms with E-state index in [0.717, 1.165) is 21.8 Å². The third kappa shape index (κ3) is 5.76. The van der Waals surface area contributed by atoms with Gasteiger partial charge in [-0.3, -0.25) is 9.59 Å². The Hall–Kier alpha value is -2.47. The fourth-order valence-electron chi connectivity index (χ4n) is 2.94. The molecule has 2 N–H and O–H groups in total. The molecule has 2 aromatic rings. The number of thioether (sulfide) groups is 1. The summed E-state index contributed by atoms with van der Waals surface area (Å²) in [7, 11) is 1.60. The summed E-state index contributed by atoms with van der Waals surface area (Å²) in [5, 5.41) is 12.2. The number of carbonyl (C=O) groups excluding carboxylic acids is 1. The Bertz CT molecular complexity index is 759. The highest BCUT2D eigenvalue weighted by Gasteiger charge is 2.24. The summed E-state index contributed by atoms with van der Waals surface area (Å²) >= 11 is 1.61. The molecule has 0 heterocycles. The molecule has 2 aromatic carbocycles. The highest BCUT2D eigenvalue weighted by molar-refractivity contribution is 7.98. The van der Waals surface area contributed by atoms with Crippen LogP contribution in [0.1, 0.15) is 42.9 Å². The molecule has 27 heavy (non-hydrogen) atoms. The molecule has 5 nitrogen and oxygen atoms in total. The second-order valence-corrected chi connectivity index (χ2v) is 7.05. The number of carboxylic acids is 1. The van der Waals surface area contributed by atoms with Crippen molar-refractivity contribution in [3.05, 3.63) is 59.7 Å². The van der Waals surface area contributed by atoms with Gasteiger partial charge in [-0.25, -0.2) is 0 Å². The van der Waals surface area contributed by atoms with Gasteiger partial charge in [0, 0.05) is 4.90 Å². The van der Waals surface area contributed by atoms with Crippen molar-refractivity contribution in [3.63, 3.8) is 0 Å². The molecule has 0 radical (unpaired) electrons. The van der Waals surface area contributed by atoms with E-state index in [9.17, 15) is 14.7 Å². The topological polar surface area (TPSA) is 75.6 Å². The zero-order valence-electron chi connectivity index (χ0n) is 15.8. The molecule has 2 atom stereocenters. The lowest BCUT2D eigenvalue weighted by molar-refractivity contribution is -0.137. The largest absolute Gasteiger partial charge is 0.497 e. The highest BCUT2D eigenvalue weighted by atomic mass is 32.2. The van der Waals surface area contributed by atoms with E-state index in [-0.39, 0.29) is 18.2 Å². The molecule has 0 aromatic heterocycles. The minimum absolute atomic E-state index is 0.163. The number of benzene rings is 2. The van der Waals surface area contributed by atoms with Crippen molar-refractivity contribution < 1.29 is 19.4 Å². The quantitative estimate of drug-likeness (QED) is 0.629. The van der Waals surface area contributed by atoms with Crippen LogP contribution in [-0.2, 0) is 9.59 Å². The average molecular weight is 388 g/mol. The van der Waals surface area contributed by atoms with Crippen LogP contribution in [-0.4, -0.2) is 30.3 Å². The van der Waals surface area contributed by atoms with Gasteiger partial charge in [0.25, 0.3) is 0 Å². The monoisotopic (exact) mass is 387 g/mol. The van der Waals surface area contributed by atoms with Gasteiger partial charge in [0.2, 0.25) is 5.91 Å². The summed E-state index contributed by atoms with van der Waals surface area (Å²) < 4.78 is 5.16. The Morgan fingerprint density at radius 2 is 1.67 bits per heavy atom. The van der Waals surface area contributed by atoms with Crippen LogP contribution in [0.15, 0.2) is 53.4 Å². The number of carboxylic acid groups (broad SMARTS) is 1. The Balaban J connectivity index is 2.20. The summed E-state index contributed by atoms with van der Waals surface area (Å²) in [6.45, 7) is 1.94. The first kappa shape index (κ1) is 20.8. The predicted molar refractivity (Wildman–Crippen MR) is 107 cm³/mol. The number of methoxy groups -OCH3 is 1. The molecule has 0 saturated heterocycles. The summed E-state index contributed by atoms with van der Waals surface area (Å²) in [5.41, 5.74) is 1.66. The lowest BCUT2D eigenvalue weighted by Crippen LogP contribution is -2.34. The number of aliphatic carboxylic acids is 1. The number of nitrogens with one attached hydrogen (secondary N) is 1. The van der Waals surface area contributed by atoms with Crippen LogP contribution in [0.5, 0.6) is 5.75 Å². The predicted octanol–water partition coefficient (Wildman–Crippen LogP) is 4.24. The van der Waals surface area contributed by atoms with Gasteiger partial charge < -0.3 is 15.2 Å². The van der Waals surface area contributed by atoms with Crippen molar-refractivity contribution in [2.45, 2.75) is 36.6 Å². The first-order chi connectivity index (χ1) is 13.0. The highest BCUT2D eigenvalue weighted by Crippen LogP contribution is 2.26. The molecule has 1 amide bonds. The van der Waals surface area contributed by atoms with Crippen LogP contribution in [0.25, 0.3) is 0 Å². The number of ether oxygens (including phenoxy) is 1. The first-order valence-corrected chi connectivity index (χ1v) is 10.0. The van der Waals surface area contributed by atoms with Gasteiger partial charge in [0.05, 0.1) is 25.5 Å². The van der Waals surface area contributed by atoms with Crippen molar-refractivity contribution in [2.75, 3.05) is 13.4 Å². The number of carbonyl (C=O) groups is 2. The molecule has 0 aliphatic carbocycles. The van der Waals surface area contributed by atoms with Crippen molar-refractivity contribution in [1.29, 1.82) is 0 Å². The van der Waals surface area contributed by atoms with Crippen molar-refractivity contribution in [2.24, 2.45) is 0 Å². The molecule has 0 aliphatic rings. The minimum Gasteiger partial charge on any atom is -0.497 e. The number of rotatable bonds is 9. The van der Waals surface area contributed by atoms with Gasteiger partial charge in [-0.1, -0.05) is 31.2 Å². The Kier molecular flexibility index (Phi) is 7.73. The van der Waals surface area contributed by atoms with Gasteiger partial charge in [-0.15, -0.1) is 11.8 Å². The van der Waals surface area contributed by atoms with Gasteiger partial charge in [0.15, 0.2) is 0 Å². The third-order valence-corrected chi connectivity index (χ3v) is 5.20. The maximum atomic E-state index is 12.9. The maximum absolute atomic E-state index is 12.9. The van der Waals surface area contributed by atoms with Crippen LogP contribution in [0, 0.1) is 0 Å². The van der Waals surface area contributed by atoms with E-state index in [1.165, 1.54) is 0 Å². The molecule has 0 fully saturated rings. The molecule has 0 bridgehead atoms. The van der Waals surface area contributed by atoms with Crippen LogP contribution in [0.2, 0.25) is 0 Å². The summed E-state index contributed by atoms with van der Waals surface area (Å²) in [6, 6.07) is 14.4. The van der Waals surface area contributed by atoms with E-state index < -0.39 is 12.0 Å². The van der Waals surface area contributed by atoms with Crippen LogP contribution >= 0.6 is 11.8 Å². The Labute approximate surface area is 164 Å². The van der Waals surface area contributed by atoms with E-state index in [2.05, 4.69) is 5.32 Å². The van der Waals surface area contributed by atoms with E-state index in [0.29, 0.717) is 6.42 Å². The molecular formula is C21H25NO4S. The molecule has 2 unspecified atom stereocenters. The van der Waals surface area contributed by atoms with Gasteiger partial charge in [-0.2, -0.15) is 0 Å². The Morgan fingerprint density at radius 1 is 1.07 bits per heavy atom. The smallest absolute Gasteiger partial charge is 0.305 e. The summed E-state index contributed by atoms with van der Waals surface area (Å²) in [4.78, 5) is 25.3. The second kappa shape index (κ2) is 10.0. The lowest BCUT2D eigenvalue weighted by Gasteiger charge is -2.22. The van der Waals surface area contributed by atoms with Crippen LogP contribution in [0.3, 0.4) is 0 Å². The SMILES string of the molecule is CCC(C(=O)NC(CC(=O)O)c1ccc(SC)cc1)c1ccc(OC)cc1. The van der Waals surface area contributed by atoms with Crippen molar-refractivity contribution >= 4 is 23.6 Å². The van der Waals surface area contributed by atoms with Crippen molar-refractivity contribution in [1.82, 2.24) is 5.32 Å². The first-order valence-electron chi connectivity index (χ1n) is 8.78. The maximum Gasteiger partial charge on any atom is 0.305 e. The Morgan fingerprint density at radius 3 is 2.15 bits per heavy atom. The van der Waals surface area contributed by atoms with Crippen LogP contribution < -0.4 is 10.1 Å². The number of amides is 1. The normalized spacial score (nSPS) is 12.9. The standard InChI is InChI=1S/C21H25NO4S/c1-4-18(14-5-9-16(26-2)10-6-14)21(25)22-19(13-20(23)24)15-7-11-17(27-3)12-8-15/h5-12,18-19H,4,13H2,1-3H3,(H,22,25)(H,23,24). The fourth-order valence-corrected chi connectivity index (χ4v) is 3.35. The van der Waals surface area contributed by atoms with Gasteiger partial charge in [-0.05, 0) is 48.1 Å². The molecule has 6 heteroatoms. The van der Waals surface area contributed by atoms with E-state index in [1.54, 1.807) is 18.9 Å². The third-order valence-electron chi connectivity index (χ3n) is 4.46. The average Bonchev–Trinajstić information content (AvgIpc) is 2.68. The molecule has 0 spiro atoms. The zero-order chi connectivity index (χ0) is 19.8. The van der Waals surface area contributed by atoms with Gasteiger partial charge in [0.1, 0.15) is 5.75 Å². The summed E-state index contributed by atoms with van der Waals surface area (Å²) in [5.74, 6) is -0.751. The summed E-state index contributed by atoms with van der Waals surface area (Å²) in [6.07, 6.45) is 2.43. The molecule has 0 aliphatic heterocycles. The van der Waals surface area contributed by atoms with E-state index >= 15 is 0 Å². The molecule has 2 rings (SSSR count). The van der Waals surface area contributed by atoms with Crippen LogP contribution in [0.4, 0.5) is 0 Å².